The van der Waals surface area contributed by atoms with Crippen molar-refractivity contribution in [2.24, 2.45) is 11.3 Å². The summed E-state index contributed by atoms with van der Waals surface area (Å²) in [4.78, 5) is 11.9. The summed E-state index contributed by atoms with van der Waals surface area (Å²) in [6.07, 6.45) is 8.32. The zero-order valence-corrected chi connectivity index (χ0v) is 13.4. The maximum absolute atomic E-state index is 11.9. The molecule has 0 unspecified atom stereocenters. The Labute approximate surface area is 128 Å². The lowest BCUT2D eigenvalue weighted by atomic mass is 9.66. The molecule has 0 spiro atoms. The smallest absolute Gasteiger partial charge is 0.309 e. The van der Waals surface area contributed by atoms with Crippen molar-refractivity contribution in [1.29, 1.82) is 0 Å². The van der Waals surface area contributed by atoms with Crippen LogP contribution in [-0.2, 0) is 11.2 Å². The van der Waals surface area contributed by atoms with E-state index >= 15 is 0 Å². The van der Waals surface area contributed by atoms with Gasteiger partial charge in [-0.05, 0) is 50.5 Å². The average Bonchev–Trinajstić information content (AvgIpc) is 2.46. The van der Waals surface area contributed by atoms with Crippen LogP contribution in [0.5, 0.6) is 0 Å². The van der Waals surface area contributed by atoms with Crippen LogP contribution in [0.4, 0.5) is 0 Å². The van der Waals surface area contributed by atoms with Crippen LogP contribution in [0.25, 0.3) is 0 Å². The van der Waals surface area contributed by atoms with Gasteiger partial charge in [0.05, 0.1) is 5.41 Å². The van der Waals surface area contributed by atoms with Crippen molar-refractivity contribution < 1.29 is 9.90 Å². The molecule has 0 aliphatic heterocycles. The molecule has 1 aromatic rings. The molecule has 1 N–H and O–H groups in total. The molecule has 0 saturated heterocycles. The molecule has 2 nitrogen and oxygen atoms in total. The number of aliphatic carboxylic acids is 1. The summed E-state index contributed by atoms with van der Waals surface area (Å²) in [7, 11) is 0. The molecule has 1 saturated carbocycles. The van der Waals surface area contributed by atoms with Crippen LogP contribution in [-0.4, -0.2) is 11.1 Å². The largest absolute Gasteiger partial charge is 0.481 e. The molecule has 1 aliphatic rings. The van der Waals surface area contributed by atoms with Gasteiger partial charge in [0, 0.05) is 0 Å². The lowest BCUT2D eigenvalue weighted by Gasteiger charge is -2.37. The molecule has 2 rings (SSSR count). The van der Waals surface area contributed by atoms with Crippen molar-refractivity contribution in [3.8, 4) is 0 Å². The van der Waals surface area contributed by atoms with E-state index in [1.165, 1.54) is 30.4 Å². The Kier molecular flexibility index (Phi) is 5.44. The maximum Gasteiger partial charge on any atom is 0.309 e. The van der Waals surface area contributed by atoms with Crippen molar-refractivity contribution in [3.63, 3.8) is 0 Å². The number of unbranched alkanes of at least 4 members (excludes halogenated alkanes) is 1. The van der Waals surface area contributed by atoms with E-state index in [1.807, 2.05) is 6.07 Å². The molecule has 1 aliphatic carbocycles. The third kappa shape index (κ3) is 4.09. The number of aryl methyl sites for hydroxylation is 1. The van der Waals surface area contributed by atoms with Crippen LogP contribution >= 0.6 is 0 Å². The lowest BCUT2D eigenvalue weighted by molar-refractivity contribution is -0.151. The summed E-state index contributed by atoms with van der Waals surface area (Å²) in [5.74, 6) is 0.146. The Hall–Kier alpha value is -1.31. The quantitative estimate of drug-likeness (QED) is 0.800. The van der Waals surface area contributed by atoms with Gasteiger partial charge in [0.1, 0.15) is 0 Å². The van der Waals surface area contributed by atoms with Crippen molar-refractivity contribution in [2.45, 2.75) is 65.2 Å². The zero-order valence-electron chi connectivity index (χ0n) is 13.4. The molecule has 0 radical (unpaired) electrons. The van der Waals surface area contributed by atoms with Gasteiger partial charge in [-0.3, -0.25) is 4.79 Å². The number of rotatable bonds is 6. The third-order valence-corrected chi connectivity index (χ3v) is 5.11. The Balaban J connectivity index is 2.04. The van der Waals surface area contributed by atoms with E-state index < -0.39 is 11.4 Å². The third-order valence-electron chi connectivity index (χ3n) is 5.11. The standard InChI is InChI=1S/C19H28O2/c1-3-4-7-16-9-11-19(12-10-16,18(20)21)14-17-8-5-6-15(2)13-17/h5-6,8,13,16H,3-4,7,9-12,14H2,1-2H3,(H,20,21). The van der Waals surface area contributed by atoms with Gasteiger partial charge in [-0.15, -0.1) is 0 Å². The van der Waals surface area contributed by atoms with Crippen molar-refractivity contribution in [3.05, 3.63) is 35.4 Å². The van der Waals surface area contributed by atoms with Gasteiger partial charge in [-0.2, -0.15) is 0 Å². The van der Waals surface area contributed by atoms with E-state index in [4.69, 9.17) is 0 Å². The molecule has 116 valence electrons. The second-order valence-corrected chi connectivity index (χ2v) is 6.84. The fourth-order valence-corrected chi connectivity index (χ4v) is 3.69. The minimum Gasteiger partial charge on any atom is -0.481 e. The van der Waals surface area contributed by atoms with Crippen LogP contribution in [0.3, 0.4) is 0 Å². The van der Waals surface area contributed by atoms with Crippen molar-refractivity contribution >= 4 is 5.97 Å². The first kappa shape index (κ1) is 16.1. The van der Waals surface area contributed by atoms with Crippen LogP contribution in [0.15, 0.2) is 24.3 Å². The number of carboxylic acid groups (broad SMARTS) is 1. The summed E-state index contributed by atoms with van der Waals surface area (Å²) in [6.45, 7) is 4.29. The molecule has 0 aromatic heterocycles. The fourth-order valence-electron chi connectivity index (χ4n) is 3.69. The zero-order chi connectivity index (χ0) is 15.3. The Morgan fingerprint density at radius 3 is 2.62 bits per heavy atom. The summed E-state index contributed by atoms with van der Waals surface area (Å²) in [5.41, 5.74) is 1.85. The van der Waals surface area contributed by atoms with E-state index in [9.17, 15) is 9.90 Å². The first-order valence-electron chi connectivity index (χ1n) is 8.35. The van der Waals surface area contributed by atoms with Crippen LogP contribution in [0.2, 0.25) is 0 Å². The van der Waals surface area contributed by atoms with Crippen LogP contribution in [0.1, 0.15) is 63.0 Å². The van der Waals surface area contributed by atoms with E-state index in [1.54, 1.807) is 0 Å². The summed E-state index contributed by atoms with van der Waals surface area (Å²) in [5, 5.41) is 9.78. The normalized spacial score (nSPS) is 25.7. The van der Waals surface area contributed by atoms with Gasteiger partial charge in [0.2, 0.25) is 0 Å². The predicted octanol–water partition coefficient (Wildman–Crippen LogP) is 4.99. The first-order valence-corrected chi connectivity index (χ1v) is 8.35. The highest BCUT2D eigenvalue weighted by Crippen LogP contribution is 2.43. The number of carboxylic acids is 1. The van der Waals surface area contributed by atoms with Crippen LogP contribution in [0, 0.1) is 18.3 Å². The van der Waals surface area contributed by atoms with Gasteiger partial charge in [0.25, 0.3) is 0 Å². The van der Waals surface area contributed by atoms with E-state index in [-0.39, 0.29) is 0 Å². The average molecular weight is 288 g/mol. The molecule has 0 amide bonds. The van der Waals surface area contributed by atoms with Gasteiger partial charge in [0.15, 0.2) is 0 Å². The summed E-state index contributed by atoms with van der Waals surface area (Å²) in [6, 6.07) is 8.31. The monoisotopic (exact) mass is 288 g/mol. The number of hydrogen-bond acceptors (Lipinski definition) is 1. The molecule has 0 atom stereocenters. The minimum atomic E-state index is -0.599. The molecule has 0 bridgehead atoms. The minimum absolute atomic E-state index is 0.531. The Bertz CT molecular complexity index is 470. The second-order valence-electron chi connectivity index (χ2n) is 6.84. The molecule has 2 heteroatoms. The van der Waals surface area contributed by atoms with E-state index in [2.05, 4.69) is 32.0 Å². The summed E-state index contributed by atoms with van der Waals surface area (Å²) >= 11 is 0. The van der Waals surface area contributed by atoms with Gasteiger partial charge in [-0.25, -0.2) is 0 Å². The van der Waals surface area contributed by atoms with Crippen LogP contribution < -0.4 is 0 Å². The van der Waals surface area contributed by atoms with Crippen molar-refractivity contribution in [2.75, 3.05) is 0 Å². The topological polar surface area (TPSA) is 37.3 Å². The predicted molar refractivity (Wildman–Crippen MR) is 86.4 cm³/mol. The SMILES string of the molecule is CCCCC1CCC(Cc2cccc(C)c2)(C(=O)O)CC1. The molecule has 1 aromatic carbocycles. The van der Waals surface area contributed by atoms with Crippen molar-refractivity contribution in [1.82, 2.24) is 0 Å². The first-order chi connectivity index (χ1) is 10.1. The van der Waals surface area contributed by atoms with E-state index in [0.29, 0.717) is 6.42 Å². The Morgan fingerprint density at radius 1 is 1.33 bits per heavy atom. The highest BCUT2D eigenvalue weighted by atomic mass is 16.4. The second kappa shape index (κ2) is 7.11. The molecular weight excluding hydrogens is 260 g/mol. The van der Waals surface area contributed by atoms with Gasteiger partial charge < -0.3 is 5.11 Å². The van der Waals surface area contributed by atoms with Gasteiger partial charge in [-0.1, -0.05) is 56.0 Å². The molecule has 1 fully saturated rings. The summed E-state index contributed by atoms with van der Waals surface area (Å²) < 4.78 is 0. The number of hydrogen-bond donors (Lipinski definition) is 1. The number of benzene rings is 1. The Morgan fingerprint density at radius 2 is 2.05 bits per heavy atom. The van der Waals surface area contributed by atoms with Gasteiger partial charge >= 0.3 is 5.97 Å². The maximum atomic E-state index is 11.9. The molecule has 0 heterocycles. The molecule has 21 heavy (non-hydrogen) atoms. The fraction of sp³-hybridized carbons (Fsp3) is 0.632. The molecular formula is C19H28O2. The highest BCUT2D eigenvalue weighted by Gasteiger charge is 2.41. The van der Waals surface area contributed by atoms with E-state index in [0.717, 1.165) is 31.6 Å². The highest BCUT2D eigenvalue weighted by molar-refractivity contribution is 5.75. The lowest BCUT2D eigenvalue weighted by Crippen LogP contribution is -2.37. The number of carbonyl (C=O) groups is 1.